The Labute approximate surface area is 139 Å². The van der Waals surface area contributed by atoms with Crippen LogP contribution in [0.25, 0.3) is 0 Å². The minimum absolute atomic E-state index is 0.153. The van der Waals surface area contributed by atoms with Crippen molar-refractivity contribution >= 4 is 35.5 Å². The molecule has 23 heavy (non-hydrogen) atoms. The summed E-state index contributed by atoms with van der Waals surface area (Å²) in [6.07, 6.45) is 3.61. The van der Waals surface area contributed by atoms with Crippen LogP contribution in [0.2, 0.25) is 0 Å². The van der Waals surface area contributed by atoms with E-state index in [1.54, 1.807) is 42.2 Å². The van der Waals surface area contributed by atoms with Gasteiger partial charge in [0.25, 0.3) is 5.91 Å². The lowest BCUT2D eigenvalue weighted by atomic mass is 10.2. The minimum atomic E-state index is -0.309. The van der Waals surface area contributed by atoms with Crippen LogP contribution in [0.1, 0.15) is 22.8 Å². The molecule has 2 rings (SSSR count). The van der Waals surface area contributed by atoms with Crippen LogP contribution in [-0.4, -0.2) is 24.3 Å². The third-order valence-corrected chi connectivity index (χ3v) is 3.71. The number of hydrogen-bond donors (Lipinski definition) is 2. The predicted molar refractivity (Wildman–Crippen MR) is 94.0 cm³/mol. The molecule has 0 saturated heterocycles. The van der Waals surface area contributed by atoms with Gasteiger partial charge in [-0.05, 0) is 48.2 Å². The molecule has 0 aromatic heterocycles. The van der Waals surface area contributed by atoms with Gasteiger partial charge in [-0.3, -0.25) is 9.59 Å². The second kappa shape index (κ2) is 8.14. The molecule has 2 amide bonds. The van der Waals surface area contributed by atoms with Gasteiger partial charge in [0.05, 0.1) is 6.21 Å². The Hall–Kier alpha value is -2.60. The Morgan fingerprint density at radius 2 is 1.70 bits per heavy atom. The number of carbonyl (C=O) groups excluding carboxylic acids is 2. The molecule has 0 radical (unpaired) electrons. The monoisotopic (exact) mass is 327 g/mol. The maximum atomic E-state index is 12.0. The van der Waals surface area contributed by atoms with E-state index in [-0.39, 0.29) is 11.8 Å². The van der Waals surface area contributed by atoms with Gasteiger partial charge in [0.2, 0.25) is 5.91 Å². The van der Waals surface area contributed by atoms with Gasteiger partial charge in [-0.25, -0.2) is 5.43 Å². The van der Waals surface area contributed by atoms with Crippen LogP contribution >= 0.6 is 11.8 Å². The normalized spacial score (nSPS) is 10.5. The lowest BCUT2D eigenvalue weighted by molar-refractivity contribution is -0.114. The highest BCUT2D eigenvalue weighted by molar-refractivity contribution is 7.98. The van der Waals surface area contributed by atoms with Crippen molar-refractivity contribution in [3.05, 3.63) is 59.7 Å². The number of hydrogen-bond acceptors (Lipinski definition) is 4. The van der Waals surface area contributed by atoms with Gasteiger partial charge in [0, 0.05) is 23.1 Å². The van der Waals surface area contributed by atoms with Crippen molar-refractivity contribution < 1.29 is 9.59 Å². The quantitative estimate of drug-likeness (QED) is 0.503. The number of nitrogens with one attached hydrogen (secondary N) is 2. The zero-order chi connectivity index (χ0) is 16.7. The zero-order valence-electron chi connectivity index (χ0n) is 12.9. The summed E-state index contributed by atoms with van der Waals surface area (Å²) < 4.78 is 0. The zero-order valence-corrected chi connectivity index (χ0v) is 13.7. The van der Waals surface area contributed by atoms with Gasteiger partial charge in [0.15, 0.2) is 0 Å². The van der Waals surface area contributed by atoms with Crippen LogP contribution in [0.5, 0.6) is 0 Å². The smallest absolute Gasteiger partial charge is 0.271 e. The summed E-state index contributed by atoms with van der Waals surface area (Å²) >= 11 is 1.67. The number of carbonyl (C=O) groups is 2. The fraction of sp³-hybridized carbons (Fsp3) is 0.118. The van der Waals surface area contributed by atoms with E-state index < -0.39 is 0 Å². The van der Waals surface area contributed by atoms with Crippen molar-refractivity contribution in [3.8, 4) is 0 Å². The molecule has 2 aromatic rings. The molecule has 6 heteroatoms. The van der Waals surface area contributed by atoms with Crippen molar-refractivity contribution in [3.63, 3.8) is 0 Å². The molecule has 0 heterocycles. The summed E-state index contributed by atoms with van der Waals surface area (Å²) in [5.74, 6) is -0.462. The highest BCUT2D eigenvalue weighted by Gasteiger charge is 2.04. The summed E-state index contributed by atoms with van der Waals surface area (Å²) in [5, 5.41) is 6.59. The van der Waals surface area contributed by atoms with Gasteiger partial charge in [-0.2, -0.15) is 5.10 Å². The molecule has 118 valence electrons. The molecular weight excluding hydrogens is 310 g/mol. The first-order chi connectivity index (χ1) is 11.1. The maximum absolute atomic E-state index is 12.0. The molecule has 2 N–H and O–H groups in total. The summed E-state index contributed by atoms with van der Waals surface area (Å²) in [6.45, 7) is 1.43. The van der Waals surface area contributed by atoms with Crippen molar-refractivity contribution in [2.24, 2.45) is 5.10 Å². The lowest BCUT2D eigenvalue weighted by Gasteiger charge is -2.03. The van der Waals surface area contributed by atoms with E-state index in [1.165, 1.54) is 11.8 Å². The fourth-order valence-corrected chi connectivity index (χ4v) is 2.24. The van der Waals surface area contributed by atoms with E-state index in [0.717, 1.165) is 5.56 Å². The molecule has 0 saturated carbocycles. The Bertz CT molecular complexity index is 710. The molecule has 0 aliphatic heterocycles. The summed E-state index contributed by atoms with van der Waals surface area (Å²) in [6, 6.07) is 14.5. The van der Waals surface area contributed by atoms with E-state index in [2.05, 4.69) is 15.8 Å². The van der Waals surface area contributed by atoms with Crippen molar-refractivity contribution in [1.82, 2.24) is 5.43 Å². The summed E-state index contributed by atoms with van der Waals surface area (Å²) in [7, 11) is 0. The van der Waals surface area contributed by atoms with Crippen molar-refractivity contribution in [1.29, 1.82) is 0 Å². The van der Waals surface area contributed by atoms with Gasteiger partial charge < -0.3 is 5.32 Å². The molecule has 0 bridgehead atoms. The number of thioether (sulfide) groups is 1. The van der Waals surface area contributed by atoms with Gasteiger partial charge in [-0.15, -0.1) is 11.8 Å². The average Bonchev–Trinajstić information content (AvgIpc) is 2.55. The first-order valence-electron chi connectivity index (χ1n) is 6.93. The first kappa shape index (κ1) is 16.8. The first-order valence-corrected chi connectivity index (χ1v) is 8.16. The third-order valence-electron chi connectivity index (χ3n) is 2.96. The second-order valence-electron chi connectivity index (χ2n) is 4.73. The van der Waals surface area contributed by atoms with Crippen molar-refractivity contribution in [2.75, 3.05) is 11.6 Å². The Morgan fingerprint density at radius 3 is 2.26 bits per heavy atom. The Kier molecular flexibility index (Phi) is 5.94. The molecule has 5 nitrogen and oxygen atoms in total. The number of benzene rings is 2. The van der Waals surface area contributed by atoms with E-state index in [4.69, 9.17) is 0 Å². The Balaban J connectivity index is 1.93. The molecule has 0 spiro atoms. The molecule has 0 unspecified atom stereocenters. The lowest BCUT2D eigenvalue weighted by Crippen LogP contribution is -2.17. The molecule has 2 aromatic carbocycles. The van der Waals surface area contributed by atoms with Gasteiger partial charge in [0.1, 0.15) is 0 Å². The molecule has 0 aliphatic carbocycles. The maximum Gasteiger partial charge on any atom is 0.271 e. The molecule has 0 fully saturated rings. The van der Waals surface area contributed by atoms with Crippen LogP contribution in [0, 0.1) is 0 Å². The van der Waals surface area contributed by atoms with E-state index in [1.807, 2.05) is 30.5 Å². The standard InChI is InChI=1S/C17H17N3O2S/c1-12(21)19-15-7-5-14(6-8-15)17(22)20-18-11-13-3-9-16(23-2)10-4-13/h3-11H,1-2H3,(H,19,21)(H,20,22). The van der Waals surface area contributed by atoms with Crippen LogP contribution < -0.4 is 10.7 Å². The second-order valence-corrected chi connectivity index (χ2v) is 5.61. The van der Waals surface area contributed by atoms with Crippen molar-refractivity contribution in [2.45, 2.75) is 11.8 Å². The van der Waals surface area contributed by atoms with Gasteiger partial charge >= 0.3 is 0 Å². The average molecular weight is 327 g/mol. The number of amides is 2. The number of hydrazone groups is 1. The van der Waals surface area contributed by atoms with E-state index in [9.17, 15) is 9.59 Å². The van der Waals surface area contributed by atoms with Gasteiger partial charge in [-0.1, -0.05) is 12.1 Å². The van der Waals surface area contributed by atoms with Crippen LogP contribution in [-0.2, 0) is 4.79 Å². The predicted octanol–water partition coefficient (Wildman–Crippen LogP) is 3.13. The topological polar surface area (TPSA) is 70.6 Å². The third kappa shape index (κ3) is 5.27. The van der Waals surface area contributed by atoms with Crippen LogP contribution in [0.15, 0.2) is 58.5 Å². The van der Waals surface area contributed by atoms with Crippen LogP contribution in [0.3, 0.4) is 0 Å². The summed E-state index contributed by atoms with van der Waals surface area (Å²) in [5.41, 5.74) is 4.49. The molecule has 0 aliphatic rings. The Morgan fingerprint density at radius 1 is 1.04 bits per heavy atom. The van der Waals surface area contributed by atoms with E-state index in [0.29, 0.717) is 11.3 Å². The fourth-order valence-electron chi connectivity index (χ4n) is 1.83. The van der Waals surface area contributed by atoms with Crippen LogP contribution in [0.4, 0.5) is 5.69 Å². The largest absolute Gasteiger partial charge is 0.326 e. The van der Waals surface area contributed by atoms with E-state index >= 15 is 0 Å². The highest BCUT2D eigenvalue weighted by Crippen LogP contribution is 2.14. The highest BCUT2D eigenvalue weighted by atomic mass is 32.2. The number of anilines is 1. The minimum Gasteiger partial charge on any atom is -0.326 e. The number of nitrogens with zero attached hydrogens (tertiary/aromatic N) is 1. The SMILES string of the molecule is CSc1ccc(C=NNC(=O)c2ccc(NC(C)=O)cc2)cc1. The summed E-state index contributed by atoms with van der Waals surface area (Å²) in [4.78, 5) is 24.1. The molecular formula is C17H17N3O2S. The number of rotatable bonds is 5. The molecule has 0 atom stereocenters.